The predicted molar refractivity (Wildman–Crippen MR) is 76.7 cm³/mol. The van der Waals surface area contributed by atoms with Crippen molar-refractivity contribution in [3.05, 3.63) is 28.9 Å². The van der Waals surface area contributed by atoms with Crippen LogP contribution in [0.25, 0.3) is 10.9 Å². The van der Waals surface area contributed by atoms with Crippen LogP contribution in [0.1, 0.15) is 12.5 Å². The fourth-order valence-electron chi connectivity index (χ4n) is 2.22. The third-order valence-corrected chi connectivity index (χ3v) is 3.46. The summed E-state index contributed by atoms with van der Waals surface area (Å²) in [5.74, 6) is 0.736. The van der Waals surface area contributed by atoms with Crippen LogP contribution in [0.5, 0.6) is 5.75 Å². The minimum Gasteiger partial charge on any atom is -0.495 e. The summed E-state index contributed by atoms with van der Waals surface area (Å²) in [4.78, 5) is 0. The molecule has 1 heterocycles. The Kier molecular flexibility index (Phi) is 4.15. The van der Waals surface area contributed by atoms with Crippen LogP contribution in [-0.4, -0.2) is 24.8 Å². The van der Waals surface area contributed by atoms with E-state index >= 15 is 0 Å². The molecule has 0 bridgehead atoms. The quantitative estimate of drug-likeness (QED) is 0.842. The van der Waals surface area contributed by atoms with Crippen molar-refractivity contribution in [2.24, 2.45) is 7.05 Å². The maximum atomic E-state index is 6.16. The van der Waals surface area contributed by atoms with Gasteiger partial charge in [0.05, 0.1) is 12.1 Å². The third kappa shape index (κ3) is 2.47. The number of hydrogen-bond acceptors (Lipinski definition) is 2. The van der Waals surface area contributed by atoms with Crippen LogP contribution in [0, 0.1) is 0 Å². The first-order chi connectivity index (χ1) is 8.67. The normalized spacial score (nSPS) is 11.1. The second kappa shape index (κ2) is 5.63. The highest BCUT2D eigenvalue weighted by atomic mass is 35.5. The largest absolute Gasteiger partial charge is 0.495 e. The van der Waals surface area contributed by atoms with Crippen LogP contribution in [0.4, 0.5) is 0 Å². The number of halogens is 1. The maximum Gasteiger partial charge on any atom is 0.138 e. The van der Waals surface area contributed by atoms with Crippen LogP contribution >= 0.6 is 11.6 Å². The molecule has 3 nitrogen and oxygen atoms in total. The van der Waals surface area contributed by atoms with Gasteiger partial charge in [0.25, 0.3) is 0 Å². The fraction of sp³-hybridized carbons (Fsp3) is 0.429. The van der Waals surface area contributed by atoms with Gasteiger partial charge in [-0.2, -0.15) is 0 Å². The standard InChI is InChI=1S/C14H19ClN2O/c1-4-16-6-5-10-9-17(2)13-8-12(15)14(18-3)7-11(10)13/h7-9,16H,4-6H2,1-3H3. The summed E-state index contributed by atoms with van der Waals surface area (Å²) in [6, 6.07) is 3.99. The second-order valence-electron chi connectivity index (χ2n) is 4.37. The topological polar surface area (TPSA) is 26.2 Å². The van der Waals surface area contributed by atoms with E-state index in [4.69, 9.17) is 16.3 Å². The van der Waals surface area contributed by atoms with Crippen molar-refractivity contribution < 1.29 is 4.74 Å². The minimum atomic E-state index is 0.657. The molecule has 0 atom stereocenters. The molecule has 18 heavy (non-hydrogen) atoms. The molecule has 0 radical (unpaired) electrons. The lowest BCUT2D eigenvalue weighted by Gasteiger charge is -2.05. The molecular formula is C14H19ClN2O. The summed E-state index contributed by atoms with van der Waals surface area (Å²) in [6.07, 6.45) is 3.17. The fourth-order valence-corrected chi connectivity index (χ4v) is 2.46. The number of ether oxygens (including phenoxy) is 1. The van der Waals surface area contributed by atoms with Gasteiger partial charge < -0.3 is 14.6 Å². The number of rotatable bonds is 5. The van der Waals surface area contributed by atoms with Crippen molar-refractivity contribution in [2.45, 2.75) is 13.3 Å². The van der Waals surface area contributed by atoms with E-state index in [-0.39, 0.29) is 0 Å². The van der Waals surface area contributed by atoms with Gasteiger partial charge in [-0.3, -0.25) is 0 Å². The van der Waals surface area contributed by atoms with Crippen LogP contribution < -0.4 is 10.1 Å². The number of aryl methyl sites for hydroxylation is 1. The number of hydrogen-bond donors (Lipinski definition) is 1. The lowest BCUT2D eigenvalue weighted by Crippen LogP contribution is -2.15. The van der Waals surface area contributed by atoms with E-state index in [2.05, 4.69) is 23.0 Å². The molecule has 0 aliphatic heterocycles. The summed E-state index contributed by atoms with van der Waals surface area (Å²) in [5, 5.41) is 5.22. The Bertz CT molecular complexity index is 548. The molecule has 0 aliphatic carbocycles. The number of fused-ring (bicyclic) bond motifs is 1. The highest BCUT2D eigenvalue weighted by molar-refractivity contribution is 6.32. The molecule has 0 saturated carbocycles. The zero-order valence-corrected chi connectivity index (χ0v) is 11.8. The van der Waals surface area contributed by atoms with Crippen molar-refractivity contribution in [3.8, 4) is 5.75 Å². The number of nitrogens with one attached hydrogen (secondary N) is 1. The molecule has 2 aromatic rings. The first-order valence-electron chi connectivity index (χ1n) is 6.19. The zero-order chi connectivity index (χ0) is 13.1. The molecule has 1 aromatic carbocycles. The summed E-state index contributed by atoms with van der Waals surface area (Å²) in [5.41, 5.74) is 2.47. The van der Waals surface area contributed by atoms with Gasteiger partial charge in [-0.25, -0.2) is 0 Å². The van der Waals surface area contributed by atoms with E-state index in [0.717, 1.165) is 30.8 Å². The Morgan fingerprint density at radius 2 is 2.17 bits per heavy atom. The highest BCUT2D eigenvalue weighted by Crippen LogP contribution is 2.32. The summed E-state index contributed by atoms with van der Waals surface area (Å²) in [7, 11) is 3.69. The SMILES string of the molecule is CCNCCc1cn(C)c2cc(Cl)c(OC)cc12. The molecule has 0 amide bonds. The minimum absolute atomic E-state index is 0.657. The average molecular weight is 267 g/mol. The van der Waals surface area contributed by atoms with Crippen molar-refractivity contribution >= 4 is 22.5 Å². The van der Waals surface area contributed by atoms with Gasteiger partial charge in [-0.1, -0.05) is 18.5 Å². The van der Waals surface area contributed by atoms with Crippen LogP contribution in [0.2, 0.25) is 5.02 Å². The van der Waals surface area contributed by atoms with E-state index in [9.17, 15) is 0 Å². The smallest absolute Gasteiger partial charge is 0.138 e. The monoisotopic (exact) mass is 266 g/mol. The maximum absolute atomic E-state index is 6.16. The summed E-state index contributed by atoms with van der Waals surface area (Å²) < 4.78 is 7.40. The van der Waals surface area contributed by atoms with Crippen LogP contribution in [0.3, 0.4) is 0 Å². The Morgan fingerprint density at radius 1 is 1.39 bits per heavy atom. The Morgan fingerprint density at radius 3 is 2.83 bits per heavy atom. The number of likely N-dealkylation sites (N-methyl/N-ethyl adjacent to an activating group) is 1. The second-order valence-corrected chi connectivity index (χ2v) is 4.78. The van der Waals surface area contributed by atoms with E-state index in [1.165, 1.54) is 10.9 Å². The molecule has 2 rings (SSSR count). The molecule has 1 aromatic heterocycles. The van der Waals surface area contributed by atoms with E-state index in [0.29, 0.717) is 5.02 Å². The third-order valence-electron chi connectivity index (χ3n) is 3.17. The molecule has 0 saturated heterocycles. The Hall–Kier alpha value is -1.19. The number of aromatic nitrogens is 1. The van der Waals surface area contributed by atoms with Crippen molar-refractivity contribution in [3.63, 3.8) is 0 Å². The van der Waals surface area contributed by atoms with E-state index < -0.39 is 0 Å². The Labute approximate surface area is 113 Å². The number of methoxy groups -OCH3 is 1. The van der Waals surface area contributed by atoms with Gasteiger partial charge in [0.2, 0.25) is 0 Å². The average Bonchev–Trinajstić information content (AvgIpc) is 2.65. The van der Waals surface area contributed by atoms with Crippen LogP contribution in [0.15, 0.2) is 18.3 Å². The first kappa shape index (κ1) is 13.2. The van der Waals surface area contributed by atoms with Crippen LogP contribution in [-0.2, 0) is 13.5 Å². The van der Waals surface area contributed by atoms with Gasteiger partial charge in [0.15, 0.2) is 0 Å². The highest BCUT2D eigenvalue weighted by Gasteiger charge is 2.10. The molecular weight excluding hydrogens is 248 g/mol. The first-order valence-corrected chi connectivity index (χ1v) is 6.57. The van der Waals surface area contributed by atoms with Crippen molar-refractivity contribution in [2.75, 3.05) is 20.2 Å². The Balaban J connectivity index is 2.41. The molecule has 98 valence electrons. The summed E-state index contributed by atoms with van der Waals surface area (Å²) >= 11 is 6.16. The molecule has 0 unspecified atom stereocenters. The van der Waals surface area contributed by atoms with Gasteiger partial charge in [0.1, 0.15) is 5.75 Å². The van der Waals surface area contributed by atoms with Gasteiger partial charge >= 0.3 is 0 Å². The predicted octanol–water partition coefficient (Wildman–Crippen LogP) is 2.99. The van der Waals surface area contributed by atoms with Crippen molar-refractivity contribution in [1.82, 2.24) is 9.88 Å². The van der Waals surface area contributed by atoms with E-state index in [1.807, 2.05) is 19.2 Å². The van der Waals surface area contributed by atoms with Gasteiger partial charge in [-0.05, 0) is 37.2 Å². The molecule has 0 spiro atoms. The zero-order valence-electron chi connectivity index (χ0n) is 11.1. The van der Waals surface area contributed by atoms with Gasteiger partial charge in [0, 0.05) is 24.1 Å². The number of benzene rings is 1. The molecule has 1 N–H and O–H groups in total. The molecule has 0 fully saturated rings. The number of nitrogens with zero attached hydrogens (tertiary/aromatic N) is 1. The van der Waals surface area contributed by atoms with Gasteiger partial charge in [-0.15, -0.1) is 0 Å². The lowest BCUT2D eigenvalue weighted by atomic mass is 10.1. The van der Waals surface area contributed by atoms with Crippen molar-refractivity contribution in [1.29, 1.82) is 0 Å². The molecule has 4 heteroatoms. The molecule has 0 aliphatic rings. The van der Waals surface area contributed by atoms with E-state index in [1.54, 1.807) is 7.11 Å². The lowest BCUT2D eigenvalue weighted by molar-refractivity contribution is 0.415. The summed E-state index contributed by atoms with van der Waals surface area (Å²) in [6.45, 7) is 4.10.